The molecule has 1 amide bonds. The first-order chi connectivity index (χ1) is 7.63. The van der Waals surface area contributed by atoms with Gasteiger partial charge in [-0.15, -0.1) is 0 Å². The highest BCUT2D eigenvalue weighted by atomic mass is 19.3. The molecule has 0 aliphatic rings. The molecule has 16 heavy (non-hydrogen) atoms. The van der Waals surface area contributed by atoms with Gasteiger partial charge in [-0.25, -0.2) is 0 Å². The van der Waals surface area contributed by atoms with Crippen LogP contribution in [0.1, 0.15) is 11.1 Å². The van der Waals surface area contributed by atoms with Crippen LogP contribution in [0.25, 0.3) is 0 Å². The molecule has 88 valence electrons. The molecule has 0 saturated carbocycles. The van der Waals surface area contributed by atoms with Crippen molar-refractivity contribution in [2.45, 2.75) is 19.4 Å². The highest BCUT2D eigenvalue weighted by Gasteiger charge is 2.13. The van der Waals surface area contributed by atoms with Gasteiger partial charge in [-0.05, 0) is 24.1 Å². The fourth-order valence-corrected chi connectivity index (χ4v) is 1.26. The fourth-order valence-electron chi connectivity index (χ4n) is 1.26. The van der Waals surface area contributed by atoms with E-state index in [2.05, 4.69) is 5.32 Å². The number of nitrogens with one attached hydrogen (secondary N) is 1. The van der Waals surface area contributed by atoms with Crippen molar-refractivity contribution >= 4 is 5.91 Å². The Morgan fingerprint density at radius 1 is 1.25 bits per heavy atom. The summed E-state index contributed by atoms with van der Waals surface area (Å²) < 4.78 is 23.7. The molecule has 0 heterocycles. The second kappa shape index (κ2) is 6.17. The van der Waals surface area contributed by atoms with Crippen LogP contribution in [0.4, 0.5) is 8.78 Å². The first-order valence-electron chi connectivity index (χ1n) is 4.97. The van der Waals surface area contributed by atoms with Gasteiger partial charge in [0.25, 0.3) is 5.91 Å². The molecule has 0 saturated heterocycles. The Kier molecular flexibility index (Phi) is 4.85. The quantitative estimate of drug-likeness (QED) is 0.792. The van der Waals surface area contributed by atoms with Crippen molar-refractivity contribution in [1.29, 1.82) is 0 Å². The Labute approximate surface area is 92.6 Å². The zero-order valence-corrected chi connectivity index (χ0v) is 8.75. The minimum atomic E-state index is -2.96. The molecule has 0 spiro atoms. The molecular formula is C11H14F2N2O. The third kappa shape index (κ3) is 3.94. The van der Waals surface area contributed by atoms with Crippen molar-refractivity contribution in [1.82, 2.24) is 5.32 Å². The highest BCUT2D eigenvalue weighted by Crippen LogP contribution is 2.05. The number of nitrogens with two attached hydrogens (primary N) is 1. The lowest BCUT2D eigenvalue weighted by atomic mass is 10.1. The van der Waals surface area contributed by atoms with Crippen molar-refractivity contribution < 1.29 is 13.6 Å². The molecule has 3 nitrogen and oxygen atoms in total. The van der Waals surface area contributed by atoms with E-state index in [1.807, 2.05) is 12.1 Å². The number of halogens is 2. The molecule has 0 unspecified atom stereocenters. The van der Waals surface area contributed by atoms with Gasteiger partial charge < -0.3 is 11.1 Å². The zero-order chi connectivity index (χ0) is 12.0. The molecule has 0 atom stereocenters. The third-order valence-electron chi connectivity index (χ3n) is 2.12. The largest absolute Gasteiger partial charge is 0.347 e. The predicted molar refractivity (Wildman–Crippen MR) is 57.1 cm³/mol. The van der Waals surface area contributed by atoms with Crippen molar-refractivity contribution in [2.24, 2.45) is 5.73 Å². The van der Waals surface area contributed by atoms with E-state index in [1.54, 1.807) is 12.1 Å². The highest BCUT2D eigenvalue weighted by molar-refractivity contribution is 5.78. The number of hydrogen-bond donors (Lipinski definition) is 2. The molecule has 0 aliphatic heterocycles. The van der Waals surface area contributed by atoms with Crippen LogP contribution in [0.15, 0.2) is 24.3 Å². The van der Waals surface area contributed by atoms with Crippen LogP contribution in [0, 0.1) is 0 Å². The smallest absolute Gasteiger partial charge is 0.315 e. The third-order valence-corrected chi connectivity index (χ3v) is 2.12. The predicted octanol–water partition coefficient (Wildman–Crippen LogP) is 1.07. The van der Waals surface area contributed by atoms with E-state index in [1.165, 1.54) is 0 Å². The van der Waals surface area contributed by atoms with Gasteiger partial charge in [0.15, 0.2) is 0 Å². The van der Waals surface area contributed by atoms with Crippen molar-refractivity contribution in [3.8, 4) is 0 Å². The Bertz CT molecular complexity index is 338. The number of rotatable bonds is 5. The summed E-state index contributed by atoms with van der Waals surface area (Å²) in [6.07, 6.45) is -2.18. The van der Waals surface area contributed by atoms with Gasteiger partial charge in [-0.3, -0.25) is 4.79 Å². The zero-order valence-electron chi connectivity index (χ0n) is 8.75. The van der Waals surface area contributed by atoms with E-state index in [9.17, 15) is 13.6 Å². The number of carbonyl (C=O) groups is 1. The molecule has 1 rings (SSSR count). The lowest BCUT2D eigenvalue weighted by Gasteiger charge is -2.05. The fraction of sp³-hybridized carbons (Fsp3) is 0.364. The Morgan fingerprint density at radius 3 is 2.31 bits per heavy atom. The molecule has 5 heteroatoms. The van der Waals surface area contributed by atoms with E-state index in [0.29, 0.717) is 6.54 Å². The number of amides is 1. The van der Waals surface area contributed by atoms with Gasteiger partial charge in [0.1, 0.15) is 0 Å². The monoisotopic (exact) mass is 228 g/mol. The maximum absolute atomic E-state index is 11.9. The van der Waals surface area contributed by atoms with E-state index >= 15 is 0 Å². The summed E-state index contributed by atoms with van der Waals surface area (Å²) in [5, 5.41) is 2.14. The lowest BCUT2D eigenvalue weighted by molar-refractivity contribution is -0.131. The molecule has 0 aliphatic carbocycles. The summed E-state index contributed by atoms with van der Waals surface area (Å²) >= 11 is 0. The molecular weight excluding hydrogens is 214 g/mol. The molecule has 0 radical (unpaired) electrons. The Hall–Kier alpha value is -1.49. The van der Waals surface area contributed by atoms with Crippen LogP contribution in [-0.4, -0.2) is 18.9 Å². The standard InChI is InChI=1S/C11H14F2N2O/c12-10(13)11(16)15-7-9-3-1-8(2-4-9)5-6-14/h1-4,10H,5-7,14H2,(H,15,16). The molecule has 3 N–H and O–H groups in total. The number of hydrogen-bond acceptors (Lipinski definition) is 2. The second-order valence-corrected chi connectivity index (χ2v) is 3.37. The normalized spacial score (nSPS) is 10.5. The molecule has 0 aromatic heterocycles. The number of benzene rings is 1. The van der Waals surface area contributed by atoms with Crippen molar-refractivity contribution in [3.63, 3.8) is 0 Å². The van der Waals surface area contributed by atoms with Gasteiger partial charge in [0, 0.05) is 6.54 Å². The summed E-state index contributed by atoms with van der Waals surface area (Å²) in [4.78, 5) is 10.6. The van der Waals surface area contributed by atoms with E-state index in [-0.39, 0.29) is 6.54 Å². The summed E-state index contributed by atoms with van der Waals surface area (Å²) in [6, 6.07) is 7.32. The Morgan fingerprint density at radius 2 is 1.81 bits per heavy atom. The summed E-state index contributed by atoms with van der Waals surface area (Å²) in [5.74, 6) is -1.24. The first kappa shape index (κ1) is 12.6. The maximum Gasteiger partial charge on any atom is 0.315 e. The van der Waals surface area contributed by atoms with Gasteiger partial charge in [-0.2, -0.15) is 8.78 Å². The van der Waals surface area contributed by atoms with Crippen LogP contribution >= 0.6 is 0 Å². The van der Waals surface area contributed by atoms with E-state index in [0.717, 1.165) is 17.5 Å². The topological polar surface area (TPSA) is 55.1 Å². The Balaban J connectivity index is 2.46. The van der Waals surface area contributed by atoms with Gasteiger partial charge in [0.05, 0.1) is 0 Å². The van der Waals surface area contributed by atoms with Crippen molar-refractivity contribution in [3.05, 3.63) is 35.4 Å². The van der Waals surface area contributed by atoms with Crippen molar-refractivity contribution in [2.75, 3.05) is 6.54 Å². The summed E-state index contributed by atoms with van der Waals surface area (Å²) in [6.45, 7) is 0.688. The first-order valence-corrected chi connectivity index (χ1v) is 4.97. The molecule has 1 aromatic rings. The van der Waals surface area contributed by atoms with Gasteiger partial charge >= 0.3 is 6.43 Å². The van der Waals surface area contributed by atoms with Crippen LogP contribution in [0.5, 0.6) is 0 Å². The molecule has 0 fully saturated rings. The average Bonchev–Trinajstić information content (AvgIpc) is 2.28. The summed E-state index contributed by atoms with van der Waals surface area (Å²) in [7, 11) is 0. The lowest BCUT2D eigenvalue weighted by Crippen LogP contribution is -2.28. The second-order valence-electron chi connectivity index (χ2n) is 3.37. The van der Waals surface area contributed by atoms with Gasteiger partial charge in [-0.1, -0.05) is 24.3 Å². The minimum Gasteiger partial charge on any atom is -0.347 e. The molecule has 0 bridgehead atoms. The number of alkyl halides is 2. The maximum atomic E-state index is 11.9. The van der Waals surface area contributed by atoms with Crippen LogP contribution in [0.2, 0.25) is 0 Å². The molecule has 1 aromatic carbocycles. The van der Waals surface area contributed by atoms with Crippen LogP contribution < -0.4 is 11.1 Å². The van der Waals surface area contributed by atoms with Crippen LogP contribution in [0.3, 0.4) is 0 Å². The minimum absolute atomic E-state index is 0.117. The van der Waals surface area contributed by atoms with Crippen LogP contribution in [-0.2, 0) is 17.8 Å². The summed E-state index contributed by atoms with van der Waals surface area (Å²) in [5.41, 5.74) is 7.27. The van der Waals surface area contributed by atoms with E-state index < -0.39 is 12.3 Å². The van der Waals surface area contributed by atoms with Gasteiger partial charge in [0.2, 0.25) is 0 Å². The SMILES string of the molecule is NCCc1ccc(CNC(=O)C(F)F)cc1. The number of carbonyl (C=O) groups excluding carboxylic acids is 1. The van der Waals surface area contributed by atoms with E-state index in [4.69, 9.17) is 5.73 Å². The average molecular weight is 228 g/mol.